The fourth-order valence-corrected chi connectivity index (χ4v) is 4.75. The number of fused-ring (bicyclic) bond motifs is 1. The number of aliphatic hydroxyl groups is 1. The van der Waals surface area contributed by atoms with Gasteiger partial charge in [0.15, 0.2) is 5.82 Å². The molecule has 2 aromatic carbocycles. The molecule has 5 nitrogen and oxygen atoms in total. The zero-order valence-electron chi connectivity index (χ0n) is 17.4. The Labute approximate surface area is 186 Å². The predicted octanol–water partition coefficient (Wildman–Crippen LogP) is 4.93. The molecule has 0 radical (unpaired) electrons. The smallest absolute Gasteiger partial charge is 0.162 e. The number of hydrogen-bond donors (Lipinski definition) is 2. The number of benzene rings is 2. The van der Waals surface area contributed by atoms with Crippen LogP contribution >= 0.6 is 11.3 Å². The lowest BCUT2D eigenvalue weighted by molar-refractivity contribution is 0.0791. The number of rotatable bonds is 6. The molecule has 0 atom stereocenters. The van der Waals surface area contributed by atoms with Crippen LogP contribution in [0.15, 0.2) is 65.4 Å². The van der Waals surface area contributed by atoms with Crippen molar-refractivity contribution in [2.24, 2.45) is 0 Å². The monoisotopic (exact) mass is 430 g/mol. The van der Waals surface area contributed by atoms with Gasteiger partial charge >= 0.3 is 0 Å². The van der Waals surface area contributed by atoms with Crippen LogP contribution in [-0.2, 0) is 13.1 Å². The molecule has 4 aromatic rings. The highest BCUT2D eigenvalue weighted by atomic mass is 32.1. The third-order valence-electron chi connectivity index (χ3n) is 5.90. The van der Waals surface area contributed by atoms with Gasteiger partial charge < -0.3 is 10.4 Å². The molecule has 158 valence electrons. The zero-order chi connectivity index (χ0) is 21.0. The maximum absolute atomic E-state index is 9.79. The molecule has 6 heteroatoms. The molecule has 31 heavy (non-hydrogen) atoms. The van der Waals surface area contributed by atoms with Crippen molar-refractivity contribution < 1.29 is 5.11 Å². The highest BCUT2D eigenvalue weighted by Crippen LogP contribution is 2.27. The molecule has 1 fully saturated rings. The molecule has 2 N–H and O–H groups in total. The number of para-hydroxylation sites is 1. The van der Waals surface area contributed by atoms with Gasteiger partial charge in [-0.1, -0.05) is 36.4 Å². The van der Waals surface area contributed by atoms with E-state index in [1.807, 2.05) is 18.2 Å². The first kappa shape index (κ1) is 20.1. The van der Waals surface area contributed by atoms with Gasteiger partial charge in [0.25, 0.3) is 0 Å². The largest absolute Gasteiger partial charge is 0.393 e. The molecule has 0 aliphatic carbocycles. The second-order valence-electron chi connectivity index (χ2n) is 8.05. The molecule has 3 heterocycles. The van der Waals surface area contributed by atoms with Gasteiger partial charge in [0.1, 0.15) is 5.82 Å². The van der Waals surface area contributed by atoms with E-state index in [0.717, 1.165) is 60.6 Å². The van der Waals surface area contributed by atoms with Crippen molar-refractivity contribution in [1.29, 1.82) is 0 Å². The van der Waals surface area contributed by atoms with Crippen molar-refractivity contribution in [2.75, 3.05) is 18.4 Å². The van der Waals surface area contributed by atoms with Crippen LogP contribution in [-0.4, -0.2) is 39.2 Å². The van der Waals surface area contributed by atoms with Crippen LogP contribution in [0.2, 0.25) is 0 Å². The maximum Gasteiger partial charge on any atom is 0.162 e. The number of thiophene rings is 1. The molecule has 1 aliphatic heterocycles. The van der Waals surface area contributed by atoms with E-state index in [0.29, 0.717) is 6.54 Å². The summed E-state index contributed by atoms with van der Waals surface area (Å²) in [7, 11) is 0. The summed E-state index contributed by atoms with van der Waals surface area (Å²) in [6.07, 6.45) is 1.58. The fourth-order valence-electron chi connectivity index (χ4n) is 4.11. The quantitative estimate of drug-likeness (QED) is 0.454. The Morgan fingerprint density at radius 2 is 1.74 bits per heavy atom. The summed E-state index contributed by atoms with van der Waals surface area (Å²) in [4.78, 5) is 12.1. The summed E-state index contributed by atoms with van der Waals surface area (Å²) in [5.41, 5.74) is 4.59. The summed E-state index contributed by atoms with van der Waals surface area (Å²) in [5, 5.41) is 18.5. The van der Waals surface area contributed by atoms with Crippen LogP contribution in [0.1, 0.15) is 24.0 Å². The number of likely N-dealkylation sites (tertiary alicyclic amines) is 1. The minimum atomic E-state index is -0.142. The predicted molar refractivity (Wildman–Crippen MR) is 127 cm³/mol. The molecule has 0 bridgehead atoms. The number of aromatic nitrogens is 2. The number of hydrogen-bond acceptors (Lipinski definition) is 6. The standard InChI is InChI=1S/C25H26N4OS/c30-21-9-12-29(13-10-21)16-19-6-2-1-5-18(19)15-26-25-22-7-3-4-8-23(22)27-24(28-25)20-11-14-31-17-20/h1-8,11,14,17,21,30H,9-10,12-13,15-16H2,(H,26,27,28). The minimum Gasteiger partial charge on any atom is -0.393 e. The molecular weight excluding hydrogens is 404 g/mol. The van der Waals surface area contributed by atoms with E-state index in [2.05, 4.69) is 57.4 Å². The van der Waals surface area contributed by atoms with Gasteiger partial charge in [-0.15, -0.1) is 0 Å². The Morgan fingerprint density at radius 3 is 2.55 bits per heavy atom. The second kappa shape index (κ2) is 9.14. The fraction of sp³-hybridized carbons (Fsp3) is 0.280. The van der Waals surface area contributed by atoms with Gasteiger partial charge in [-0.3, -0.25) is 4.90 Å². The van der Waals surface area contributed by atoms with Crippen LogP contribution in [0.3, 0.4) is 0 Å². The SMILES string of the molecule is OC1CCN(Cc2ccccc2CNc2nc(-c3ccsc3)nc3ccccc23)CC1. The number of aliphatic hydroxyl groups excluding tert-OH is 1. The highest BCUT2D eigenvalue weighted by molar-refractivity contribution is 7.08. The Kier molecular flexibility index (Phi) is 5.93. The van der Waals surface area contributed by atoms with E-state index in [-0.39, 0.29) is 6.10 Å². The van der Waals surface area contributed by atoms with E-state index in [4.69, 9.17) is 9.97 Å². The van der Waals surface area contributed by atoms with Crippen LogP contribution in [0.25, 0.3) is 22.3 Å². The van der Waals surface area contributed by atoms with Crippen LogP contribution < -0.4 is 5.32 Å². The zero-order valence-corrected chi connectivity index (χ0v) is 18.2. The maximum atomic E-state index is 9.79. The molecule has 0 amide bonds. The van der Waals surface area contributed by atoms with E-state index in [1.165, 1.54) is 11.1 Å². The Bertz CT molecular complexity index is 1150. The molecule has 0 unspecified atom stereocenters. The summed E-state index contributed by atoms with van der Waals surface area (Å²) < 4.78 is 0. The second-order valence-corrected chi connectivity index (χ2v) is 8.83. The van der Waals surface area contributed by atoms with Crippen LogP contribution in [0.5, 0.6) is 0 Å². The van der Waals surface area contributed by atoms with Gasteiger partial charge in [0.2, 0.25) is 0 Å². The Morgan fingerprint density at radius 1 is 0.968 bits per heavy atom. The Hall–Kier alpha value is -2.80. The van der Waals surface area contributed by atoms with Crippen LogP contribution in [0, 0.1) is 0 Å². The third-order valence-corrected chi connectivity index (χ3v) is 6.58. The average Bonchev–Trinajstić information content (AvgIpc) is 3.35. The third kappa shape index (κ3) is 4.61. The Balaban J connectivity index is 1.39. The number of nitrogens with zero attached hydrogens (tertiary/aromatic N) is 3. The molecule has 5 rings (SSSR count). The van der Waals surface area contributed by atoms with Crippen molar-refractivity contribution in [1.82, 2.24) is 14.9 Å². The van der Waals surface area contributed by atoms with Gasteiger partial charge in [-0.2, -0.15) is 11.3 Å². The number of anilines is 1. The first-order valence-electron chi connectivity index (χ1n) is 10.8. The van der Waals surface area contributed by atoms with Gasteiger partial charge in [-0.25, -0.2) is 9.97 Å². The van der Waals surface area contributed by atoms with E-state index >= 15 is 0 Å². The first-order chi connectivity index (χ1) is 15.3. The van der Waals surface area contributed by atoms with Crippen molar-refractivity contribution in [3.8, 4) is 11.4 Å². The molecule has 1 aliphatic rings. The van der Waals surface area contributed by atoms with E-state index < -0.39 is 0 Å². The lowest BCUT2D eigenvalue weighted by atomic mass is 10.0. The van der Waals surface area contributed by atoms with Crippen molar-refractivity contribution >= 4 is 28.1 Å². The summed E-state index contributed by atoms with van der Waals surface area (Å²) in [6, 6.07) is 18.8. The van der Waals surface area contributed by atoms with Crippen molar-refractivity contribution in [2.45, 2.75) is 32.0 Å². The first-order valence-corrected chi connectivity index (χ1v) is 11.7. The summed E-state index contributed by atoms with van der Waals surface area (Å²) in [6.45, 7) is 3.51. The topological polar surface area (TPSA) is 61.3 Å². The van der Waals surface area contributed by atoms with E-state index in [9.17, 15) is 5.11 Å². The number of nitrogens with one attached hydrogen (secondary N) is 1. The van der Waals surface area contributed by atoms with Gasteiger partial charge in [0.05, 0.1) is 11.6 Å². The molecular formula is C25H26N4OS. The summed E-state index contributed by atoms with van der Waals surface area (Å²) in [5.74, 6) is 1.62. The molecule has 0 spiro atoms. The minimum absolute atomic E-state index is 0.142. The van der Waals surface area contributed by atoms with Crippen molar-refractivity contribution in [3.05, 3.63) is 76.5 Å². The highest BCUT2D eigenvalue weighted by Gasteiger charge is 2.18. The van der Waals surface area contributed by atoms with Crippen LogP contribution in [0.4, 0.5) is 5.82 Å². The normalized spacial score (nSPS) is 15.4. The molecule has 2 aromatic heterocycles. The number of piperidine rings is 1. The average molecular weight is 431 g/mol. The van der Waals surface area contributed by atoms with Crippen molar-refractivity contribution in [3.63, 3.8) is 0 Å². The summed E-state index contributed by atoms with van der Waals surface area (Å²) >= 11 is 1.65. The lowest BCUT2D eigenvalue weighted by Gasteiger charge is -2.30. The molecule has 0 saturated carbocycles. The van der Waals surface area contributed by atoms with Gasteiger partial charge in [0, 0.05) is 42.5 Å². The molecule has 1 saturated heterocycles. The van der Waals surface area contributed by atoms with E-state index in [1.54, 1.807) is 11.3 Å². The lowest BCUT2D eigenvalue weighted by Crippen LogP contribution is -2.35. The van der Waals surface area contributed by atoms with Gasteiger partial charge in [-0.05, 0) is 47.5 Å².